The number of nitrogens with one attached hydrogen (secondary N) is 1. The number of hydrogen-bond donors (Lipinski definition) is 1. The summed E-state index contributed by atoms with van der Waals surface area (Å²) in [5, 5.41) is 1.85. The zero-order valence-electron chi connectivity index (χ0n) is 4.43. The molecule has 0 aliphatic carbocycles. The van der Waals surface area contributed by atoms with Crippen LogP contribution < -0.4 is 5.32 Å². The third-order valence-electron chi connectivity index (χ3n) is 0.531. The molecular formula is C4H6NO3. The molecule has 1 radical (unpaired) electrons. The summed E-state index contributed by atoms with van der Waals surface area (Å²) in [6.07, 6.45) is 0. The Kier molecular flexibility index (Phi) is 2.61. The van der Waals surface area contributed by atoms with E-state index in [1.165, 1.54) is 0 Å². The first kappa shape index (κ1) is 6.94. The van der Waals surface area contributed by atoms with Gasteiger partial charge in [0.1, 0.15) is 0 Å². The Labute approximate surface area is 46.8 Å². The van der Waals surface area contributed by atoms with Gasteiger partial charge in [0, 0.05) is 7.05 Å². The highest BCUT2D eigenvalue weighted by Gasteiger charge is 2.08. The maximum Gasteiger partial charge on any atom is 0.396 e. The average Bonchev–Trinajstić information content (AvgIpc) is 1.84. The molecule has 0 aliphatic heterocycles. The van der Waals surface area contributed by atoms with Crippen molar-refractivity contribution in [2.75, 3.05) is 7.11 Å². The molecule has 0 aromatic carbocycles. The number of carbonyl (C=O) groups is 2. The molecule has 0 fully saturated rings. The summed E-state index contributed by atoms with van der Waals surface area (Å²) in [5.41, 5.74) is 0. The Bertz CT molecular complexity index is 95.9. The van der Waals surface area contributed by atoms with E-state index in [1.54, 1.807) is 0 Å². The topological polar surface area (TPSA) is 55.4 Å². The second-order valence-electron chi connectivity index (χ2n) is 0.997. The molecule has 0 rings (SSSR count). The second kappa shape index (κ2) is 3.01. The Morgan fingerprint density at radius 1 is 1.62 bits per heavy atom. The minimum absolute atomic E-state index is 0.840. The van der Waals surface area contributed by atoms with Crippen LogP contribution in [-0.2, 0) is 14.3 Å². The summed E-state index contributed by atoms with van der Waals surface area (Å²) in [6.45, 7) is 0. The molecule has 8 heavy (non-hydrogen) atoms. The van der Waals surface area contributed by atoms with Crippen molar-refractivity contribution in [3.63, 3.8) is 0 Å². The highest BCUT2D eigenvalue weighted by Crippen LogP contribution is 1.69. The van der Waals surface area contributed by atoms with E-state index in [1.807, 2.05) is 5.32 Å². The molecule has 0 spiro atoms. The monoisotopic (exact) mass is 116 g/mol. The van der Waals surface area contributed by atoms with Crippen LogP contribution in [0.25, 0.3) is 0 Å². The molecule has 0 aliphatic rings. The summed E-state index contributed by atoms with van der Waals surface area (Å²) >= 11 is 0. The first-order valence-electron chi connectivity index (χ1n) is 1.87. The maximum absolute atomic E-state index is 10.1. The predicted molar refractivity (Wildman–Crippen MR) is 25.5 cm³/mol. The van der Waals surface area contributed by atoms with Crippen molar-refractivity contribution >= 4 is 11.9 Å². The maximum atomic E-state index is 10.1. The fourth-order valence-corrected chi connectivity index (χ4v) is 0.165. The minimum atomic E-state index is -0.931. The van der Waals surface area contributed by atoms with Crippen molar-refractivity contribution in [2.24, 2.45) is 0 Å². The summed E-state index contributed by atoms with van der Waals surface area (Å²) in [6, 6.07) is 0. The smallest absolute Gasteiger partial charge is 0.396 e. The number of hydrogen-bond acceptors (Lipinski definition) is 3. The first-order chi connectivity index (χ1) is 3.72. The summed E-state index contributed by atoms with van der Waals surface area (Å²) in [5.74, 6) is -1.77. The normalized spacial score (nSPS) is 7.75. The summed E-state index contributed by atoms with van der Waals surface area (Å²) in [7, 11) is 4.08. The van der Waals surface area contributed by atoms with Crippen molar-refractivity contribution in [2.45, 2.75) is 0 Å². The number of ether oxygens (including phenoxy) is 1. The summed E-state index contributed by atoms with van der Waals surface area (Å²) in [4.78, 5) is 20.2. The van der Waals surface area contributed by atoms with Gasteiger partial charge >= 0.3 is 11.9 Å². The molecule has 4 nitrogen and oxygen atoms in total. The minimum Gasteiger partial charge on any atom is -0.462 e. The van der Waals surface area contributed by atoms with Crippen molar-refractivity contribution in [1.82, 2.24) is 5.32 Å². The van der Waals surface area contributed by atoms with E-state index in [9.17, 15) is 9.59 Å². The van der Waals surface area contributed by atoms with Crippen LogP contribution in [-0.4, -0.2) is 19.0 Å². The lowest BCUT2D eigenvalue weighted by atomic mass is 10.6. The third kappa shape index (κ3) is 1.59. The van der Waals surface area contributed by atoms with E-state index in [4.69, 9.17) is 0 Å². The SMILES string of the molecule is [CH2]NC(=O)C(=O)OC. The average molecular weight is 116 g/mol. The molecule has 0 bridgehead atoms. The van der Waals surface area contributed by atoms with Gasteiger partial charge in [-0.1, -0.05) is 0 Å². The molecule has 45 valence electrons. The Morgan fingerprint density at radius 3 is 2.25 bits per heavy atom. The molecule has 0 unspecified atom stereocenters. The molecule has 0 saturated heterocycles. The third-order valence-corrected chi connectivity index (χ3v) is 0.531. The molecule has 0 saturated carbocycles. The molecular weight excluding hydrogens is 110 g/mol. The van der Waals surface area contributed by atoms with Crippen molar-refractivity contribution in [1.29, 1.82) is 0 Å². The van der Waals surface area contributed by atoms with Gasteiger partial charge in [-0.05, 0) is 0 Å². The van der Waals surface area contributed by atoms with E-state index < -0.39 is 11.9 Å². The van der Waals surface area contributed by atoms with Crippen LogP contribution >= 0.6 is 0 Å². The fourth-order valence-electron chi connectivity index (χ4n) is 0.165. The van der Waals surface area contributed by atoms with Crippen LogP contribution in [0.4, 0.5) is 0 Å². The van der Waals surface area contributed by atoms with Crippen LogP contribution in [0.3, 0.4) is 0 Å². The highest BCUT2D eigenvalue weighted by atomic mass is 16.5. The number of carbonyl (C=O) groups excluding carboxylic acids is 2. The van der Waals surface area contributed by atoms with Gasteiger partial charge in [-0.25, -0.2) is 4.79 Å². The van der Waals surface area contributed by atoms with Crippen molar-refractivity contribution < 1.29 is 14.3 Å². The first-order valence-corrected chi connectivity index (χ1v) is 1.87. The van der Waals surface area contributed by atoms with Crippen LogP contribution in [0.15, 0.2) is 0 Å². The Balaban J connectivity index is 3.64. The molecule has 0 aromatic rings. The van der Waals surface area contributed by atoms with Crippen LogP contribution in [0.5, 0.6) is 0 Å². The number of amides is 1. The Morgan fingerprint density at radius 2 is 2.12 bits per heavy atom. The van der Waals surface area contributed by atoms with E-state index in [2.05, 4.69) is 11.8 Å². The molecule has 0 atom stereocenters. The van der Waals surface area contributed by atoms with Gasteiger partial charge in [-0.2, -0.15) is 0 Å². The number of methoxy groups -OCH3 is 1. The fraction of sp³-hybridized carbons (Fsp3) is 0.250. The lowest BCUT2D eigenvalue weighted by Crippen LogP contribution is -2.26. The summed E-state index contributed by atoms with van der Waals surface area (Å²) < 4.78 is 4.01. The molecule has 0 heterocycles. The lowest BCUT2D eigenvalue weighted by Gasteiger charge is -1.92. The zero-order chi connectivity index (χ0) is 6.57. The van der Waals surface area contributed by atoms with Gasteiger partial charge in [-0.15, -0.1) is 0 Å². The van der Waals surface area contributed by atoms with Gasteiger partial charge in [0.25, 0.3) is 0 Å². The molecule has 4 heteroatoms. The molecule has 0 aromatic heterocycles. The highest BCUT2D eigenvalue weighted by molar-refractivity contribution is 6.32. The Hall–Kier alpha value is -1.06. The van der Waals surface area contributed by atoms with E-state index in [0.717, 1.165) is 7.11 Å². The van der Waals surface area contributed by atoms with Crippen LogP contribution in [0, 0.1) is 7.05 Å². The van der Waals surface area contributed by atoms with Gasteiger partial charge in [-0.3, -0.25) is 4.79 Å². The molecule has 1 amide bonds. The number of esters is 1. The molecule has 1 N–H and O–H groups in total. The lowest BCUT2D eigenvalue weighted by molar-refractivity contribution is -0.152. The van der Waals surface area contributed by atoms with Gasteiger partial charge in [0.2, 0.25) is 0 Å². The van der Waals surface area contributed by atoms with Crippen LogP contribution in [0.2, 0.25) is 0 Å². The van der Waals surface area contributed by atoms with Crippen molar-refractivity contribution in [3.05, 3.63) is 7.05 Å². The van der Waals surface area contributed by atoms with E-state index in [-0.39, 0.29) is 0 Å². The van der Waals surface area contributed by atoms with Gasteiger partial charge < -0.3 is 10.1 Å². The largest absolute Gasteiger partial charge is 0.462 e. The van der Waals surface area contributed by atoms with E-state index in [0.29, 0.717) is 0 Å². The second-order valence-corrected chi connectivity index (χ2v) is 0.997. The zero-order valence-corrected chi connectivity index (χ0v) is 4.43. The van der Waals surface area contributed by atoms with E-state index >= 15 is 0 Å². The van der Waals surface area contributed by atoms with Crippen molar-refractivity contribution in [3.8, 4) is 0 Å². The van der Waals surface area contributed by atoms with Gasteiger partial charge in [0.15, 0.2) is 0 Å². The van der Waals surface area contributed by atoms with Crippen LogP contribution in [0.1, 0.15) is 0 Å². The number of rotatable bonds is 0. The standard InChI is InChI=1S/C4H6NO3/c1-5-3(6)4(7)8-2/h1H2,2H3,(H,5,6). The predicted octanol–water partition coefficient (Wildman–Crippen LogP) is -0.933. The van der Waals surface area contributed by atoms with Gasteiger partial charge in [0.05, 0.1) is 7.11 Å². The quantitative estimate of drug-likeness (QED) is 0.328.